The molecule has 1 rings (SSSR count). The number of alkyl carbamates (subject to hydrolysis) is 1. The largest absolute Gasteiger partial charge is 0.444 e. The molecular weight excluding hydrogens is 236 g/mol. The van der Waals surface area contributed by atoms with Gasteiger partial charge in [0.15, 0.2) is 0 Å². The van der Waals surface area contributed by atoms with Crippen LogP contribution in [0.1, 0.15) is 40.5 Å². The van der Waals surface area contributed by atoms with Crippen molar-refractivity contribution in [1.82, 2.24) is 10.6 Å². The number of hydrogen-bond donors (Lipinski definition) is 3. The summed E-state index contributed by atoms with van der Waals surface area (Å²) in [5, 5.41) is 14.7. The third kappa shape index (κ3) is 4.18. The van der Waals surface area contributed by atoms with Crippen LogP contribution in [0.15, 0.2) is 0 Å². The molecule has 0 saturated carbocycles. The van der Waals surface area contributed by atoms with E-state index in [0.717, 1.165) is 0 Å². The predicted molar refractivity (Wildman–Crippen MR) is 66.0 cm³/mol. The van der Waals surface area contributed by atoms with Gasteiger partial charge in [-0.1, -0.05) is 0 Å². The van der Waals surface area contributed by atoms with Gasteiger partial charge in [-0.15, -0.1) is 0 Å². The quantitative estimate of drug-likeness (QED) is 0.640. The Balaban J connectivity index is 2.67. The van der Waals surface area contributed by atoms with Crippen LogP contribution >= 0.6 is 0 Å². The normalized spacial score (nSPS) is 29.2. The van der Waals surface area contributed by atoms with Crippen molar-refractivity contribution in [3.63, 3.8) is 0 Å². The molecule has 1 fully saturated rings. The zero-order chi connectivity index (χ0) is 14.0. The monoisotopic (exact) mass is 258 g/mol. The van der Waals surface area contributed by atoms with Gasteiger partial charge in [-0.05, 0) is 40.5 Å². The first-order valence-corrected chi connectivity index (χ1v) is 6.10. The third-order valence-electron chi connectivity index (χ3n) is 2.75. The van der Waals surface area contributed by atoms with Crippen molar-refractivity contribution in [2.24, 2.45) is 0 Å². The zero-order valence-corrected chi connectivity index (χ0v) is 11.4. The Labute approximate surface area is 107 Å². The summed E-state index contributed by atoms with van der Waals surface area (Å²) >= 11 is 0. The van der Waals surface area contributed by atoms with Crippen LogP contribution in [0.3, 0.4) is 0 Å². The van der Waals surface area contributed by atoms with Crippen LogP contribution in [0, 0.1) is 0 Å². The Bertz CT molecular complexity index is 337. The maximum atomic E-state index is 11.9. The molecule has 0 unspecified atom stereocenters. The lowest BCUT2D eigenvalue weighted by Crippen LogP contribution is -2.56. The smallest absolute Gasteiger partial charge is 0.408 e. The molecule has 0 spiro atoms. The molecule has 0 bridgehead atoms. The van der Waals surface area contributed by atoms with Gasteiger partial charge in [0.25, 0.3) is 0 Å². The highest BCUT2D eigenvalue weighted by Gasteiger charge is 2.38. The summed E-state index contributed by atoms with van der Waals surface area (Å²) in [6.07, 6.45) is -0.377. The summed E-state index contributed by atoms with van der Waals surface area (Å²) in [5.41, 5.74) is -1.65. The number of nitrogens with one attached hydrogen (secondary N) is 2. The van der Waals surface area contributed by atoms with E-state index in [1.54, 1.807) is 27.7 Å². The van der Waals surface area contributed by atoms with E-state index in [2.05, 4.69) is 10.6 Å². The molecule has 6 heteroatoms. The zero-order valence-electron chi connectivity index (χ0n) is 11.4. The molecule has 1 aliphatic rings. The van der Waals surface area contributed by atoms with Gasteiger partial charge in [0.2, 0.25) is 5.91 Å². The summed E-state index contributed by atoms with van der Waals surface area (Å²) in [6.45, 7) is 7.11. The highest BCUT2D eigenvalue weighted by atomic mass is 16.6. The summed E-state index contributed by atoms with van der Waals surface area (Å²) < 4.78 is 5.13. The molecule has 0 radical (unpaired) electrons. The molecule has 104 valence electrons. The second kappa shape index (κ2) is 5.14. The standard InChI is InChI=1S/C12H22N2O4/c1-11(2,3)18-10(17)14-12(4)6-5-8(15)7-13-9(12)16/h8,15H,5-7H2,1-4H3,(H,13,16)(H,14,17)/t8-,12+/m1/s1. The molecule has 2 amide bonds. The van der Waals surface area contributed by atoms with Gasteiger partial charge < -0.3 is 20.5 Å². The lowest BCUT2D eigenvalue weighted by atomic mass is 9.95. The van der Waals surface area contributed by atoms with Crippen molar-refractivity contribution in [3.05, 3.63) is 0 Å². The Hall–Kier alpha value is -1.30. The Morgan fingerprint density at radius 3 is 2.72 bits per heavy atom. The minimum Gasteiger partial charge on any atom is -0.444 e. The summed E-state index contributed by atoms with van der Waals surface area (Å²) in [7, 11) is 0. The minimum atomic E-state index is -1.04. The van der Waals surface area contributed by atoms with Crippen LogP contribution in [0.25, 0.3) is 0 Å². The van der Waals surface area contributed by atoms with E-state index < -0.39 is 23.3 Å². The molecule has 18 heavy (non-hydrogen) atoms. The number of hydrogen-bond acceptors (Lipinski definition) is 4. The highest BCUT2D eigenvalue weighted by Crippen LogP contribution is 2.18. The Morgan fingerprint density at radius 2 is 2.17 bits per heavy atom. The summed E-state index contributed by atoms with van der Waals surface area (Å²) in [5.74, 6) is -0.301. The fourth-order valence-electron chi connectivity index (χ4n) is 1.72. The Kier molecular flexibility index (Phi) is 4.21. The van der Waals surface area contributed by atoms with E-state index >= 15 is 0 Å². The maximum Gasteiger partial charge on any atom is 0.408 e. The third-order valence-corrected chi connectivity index (χ3v) is 2.75. The molecule has 0 aromatic heterocycles. The van der Waals surface area contributed by atoms with Crippen molar-refractivity contribution in [3.8, 4) is 0 Å². The van der Waals surface area contributed by atoms with Crippen LogP contribution in [0.4, 0.5) is 4.79 Å². The molecule has 1 saturated heterocycles. The lowest BCUT2D eigenvalue weighted by molar-refractivity contribution is -0.126. The molecule has 0 aromatic carbocycles. The van der Waals surface area contributed by atoms with Crippen LogP contribution in [-0.2, 0) is 9.53 Å². The second-order valence-electron chi connectivity index (χ2n) is 5.86. The number of ether oxygens (including phenoxy) is 1. The van der Waals surface area contributed by atoms with Gasteiger partial charge in [-0.3, -0.25) is 4.79 Å². The van der Waals surface area contributed by atoms with Gasteiger partial charge in [0, 0.05) is 6.54 Å². The topological polar surface area (TPSA) is 87.7 Å². The number of amides is 2. The minimum absolute atomic E-state index is 0.213. The van der Waals surface area contributed by atoms with Crippen molar-refractivity contribution < 1.29 is 19.4 Å². The fraction of sp³-hybridized carbons (Fsp3) is 0.833. The molecule has 3 N–H and O–H groups in total. The maximum absolute atomic E-state index is 11.9. The van der Waals surface area contributed by atoms with Crippen molar-refractivity contribution >= 4 is 12.0 Å². The van der Waals surface area contributed by atoms with Gasteiger partial charge >= 0.3 is 6.09 Å². The average Bonchev–Trinajstić information content (AvgIpc) is 2.29. The van der Waals surface area contributed by atoms with E-state index in [0.29, 0.717) is 12.8 Å². The number of aliphatic hydroxyl groups excluding tert-OH is 1. The van der Waals surface area contributed by atoms with Gasteiger partial charge in [0.1, 0.15) is 11.1 Å². The summed E-state index contributed by atoms with van der Waals surface area (Å²) in [4.78, 5) is 23.6. The number of carbonyl (C=O) groups excluding carboxylic acids is 2. The van der Waals surface area contributed by atoms with Gasteiger partial charge in [-0.25, -0.2) is 4.79 Å². The van der Waals surface area contributed by atoms with Gasteiger partial charge in [0.05, 0.1) is 6.10 Å². The number of rotatable bonds is 1. The molecule has 0 aliphatic carbocycles. The van der Waals surface area contributed by atoms with E-state index in [-0.39, 0.29) is 12.5 Å². The number of β-amino-alcohol motifs (C(OH)–C–C–N with tert-alkyl or cyclic N) is 1. The van der Waals surface area contributed by atoms with Crippen LogP contribution in [0.2, 0.25) is 0 Å². The molecule has 1 aliphatic heterocycles. The first kappa shape index (κ1) is 14.8. The first-order valence-electron chi connectivity index (χ1n) is 6.10. The molecule has 2 atom stereocenters. The molecular formula is C12H22N2O4. The van der Waals surface area contributed by atoms with Crippen molar-refractivity contribution in [1.29, 1.82) is 0 Å². The average molecular weight is 258 g/mol. The predicted octanol–water partition coefficient (Wildman–Crippen LogP) is 0.541. The van der Waals surface area contributed by atoms with E-state index in [1.165, 1.54) is 0 Å². The van der Waals surface area contributed by atoms with E-state index in [9.17, 15) is 14.7 Å². The molecule has 6 nitrogen and oxygen atoms in total. The highest BCUT2D eigenvalue weighted by molar-refractivity contribution is 5.89. The van der Waals surface area contributed by atoms with E-state index in [1.807, 2.05) is 0 Å². The van der Waals surface area contributed by atoms with Crippen LogP contribution in [0.5, 0.6) is 0 Å². The SMILES string of the molecule is CC(C)(C)OC(=O)N[C@@]1(C)CC[C@@H](O)CNC1=O. The van der Waals surface area contributed by atoms with Crippen molar-refractivity contribution in [2.45, 2.75) is 57.8 Å². The second-order valence-corrected chi connectivity index (χ2v) is 5.86. The Morgan fingerprint density at radius 1 is 1.56 bits per heavy atom. The first-order chi connectivity index (χ1) is 8.12. The lowest BCUT2D eigenvalue weighted by Gasteiger charge is -2.29. The van der Waals surface area contributed by atoms with Gasteiger partial charge in [-0.2, -0.15) is 0 Å². The van der Waals surface area contributed by atoms with Crippen LogP contribution in [-0.4, -0.2) is 40.9 Å². The number of carbonyl (C=O) groups is 2. The number of aliphatic hydroxyl groups is 1. The fourth-order valence-corrected chi connectivity index (χ4v) is 1.72. The van der Waals surface area contributed by atoms with Crippen LogP contribution < -0.4 is 10.6 Å². The molecule has 1 heterocycles. The summed E-state index contributed by atoms with van der Waals surface area (Å²) in [6, 6.07) is 0. The van der Waals surface area contributed by atoms with Crippen molar-refractivity contribution in [2.75, 3.05) is 6.54 Å². The molecule has 0 aromatic rings. The van der Waals surface area contributed by atoms with E-state index in [4.69, 9.17) is 4.74 Å².